The molecule has 2 nitrogen and oxygen atoms in total. The van der Waals surface area contributed by atoms with Crippen molar-refractivity contribution in [3.05, 3.63) is 93.4 Å². The molecule has 3 rings (SSSR count). The predicted octanol–water partition coefficient (Wildman–Crippen LogP) is 5.35. The van der Waals surface area contributed by atoms with Crippen LogP contribution in [-0.4, -0.2) is 5.91 Å². The first-order chi connectivity index (χ1) is 12.8. The van der Waals surface area contributed by atoms with Gasteiger partial charge in [0.1, 0.15) is 5.82 Å². The third-order valence-electron chi connectivity index (χ3n) is 3.96. The minimum absolute atomic E-state index is 0.188. The molecule has 0 aliphatic rings. The zero-order valence-electron chi connectivity index (χ0n) is 14.0. The van der Waals surface area contributed by atoms with Crippen molar-refractivity contribution in [2.45, 2.75) is 18.6 Å². The second-order valence-corrected chi connectivity index (χ2v) is 6.92. The number of carbonyl (C=O) groups is 1. The summed E-state index contributed by atoms with van der Waals surface area (Å²) in [6.07, 6.45) is -4.65. The van der Waals surface area contributed by atoms with Crippen molar-refractivity contribution in [1.82, 2.24) is 5.32 Å². The molecule has 0 aliphatic carbocycles. The molecule has 7 heteroatoms. The molecule has 0 aliphatic heterocycles. The molecule has 1 amide bonds. The molecule has 0 saturated carbocycles. The van der Waals surface area contributed by atoms with E-state index in [1.165, 1.54) is 35.6 Å². The summed E-state index contributed by atoms with van der Waals surface area (Å²) in [6.45, 7) is 0. The highest BCUT2D eigenvalue weighted by Gasteiger charge is 2.30. The van der Waals surface area contributed by atoms with E-state index < -0.39 is 23.7 Å². The number of thiophene rings is 1. The summed E-state index contributed by atoms with van der Waals surface area (Å²) in [6, 6.07) is 13.6. The molecule has 0 radical (unpaired) electrons. The first-order valence-corrected chi connectivity index (χ1v) is 8.95. The predicted molar refractivity (Wildman–Crippen MR) is 95.9 cm³/mol. The zero-order valence-corrected chi connectivity index (χ0v) is 14.8. The van der Waals surface area contributed by atoms with Crippen LogP contribution in [0.5, 0.6) is 0 Å². The Morgan fingerprint density at radius 3 is 2.41 bits per heavy atom. The van der Waals surface area contributed by atoms with Gasteiger partial charge in [0.05, 0.1) is 18.0 Å². The van der Waals surface area contributed by atoms with E-state index in [1.807, 2.05) is 17.5 Å². The minimum atomic E-state index is -4.46. The third-order valence-corrected chi connectivity index (χ3v) is 4.89. The van der Waals surface area contributed by atoms with Crippen molar-refractivity contribution in [2.24, 2.45) is 0 Å². The Morgan fingerprint density at radius 2 is 1.78 bits per heavy atom. The molecular formula is C20H15F4NOS. The van der Waals surface area contributed by atoms with E-state index in [2.05, 4.69) is 5.32 Å². The maximum Gasteiger partial charge on any atom is 0.416 e. The van der Waals surface area contributed by atoms with Crippen molar-refractivity contribution >= 4 is 17.2 Å². The summed E-state index contributed by atoms with van der Waals surface area (Å²) < 4.78 is 51.7. The standard InChI is InChI=1S/C20H15F4NOS/c21-16-8-6-14(7-9-16)19(17-5-2-10-27-17)25-18(26)12-13-3-1-4-15(11-13)20(22,23)24/h1-11,19H,12H2,(H,25,26). The van der Waals surface area contributed by atoms with Crippen LogP contribution in [0.3, 0.4) is 0 Å². The molecule has 1 aromatic heterocycles. The van der Waals surface area contributed by atoms with Gasteiger partial charge in [-0.2, -0.15) is 13.2 Å². The van der Waals surface area contributed by atoms with Gasteiger partial charge in [-0.3, -0.25) is 4.79 Å². The van der Waals surface area contributed by atoms with Gasteiger partial charge in [-0.1, -0.05) is 36.4 Å². The number of halogens is 4. The molecule has 0 spiro atoms. The maximum absolute atomic E-state index is 13.2. The van der Waals surface area contributed by atoms with Crippen LogP contribution in [0.1, 0.15) is 27.6 Å². The van der Waals surface area contributed by atoms with E-state index in [0.29, 0.717) is 5.56 Å². The molecule has 2 aromatic carbocycles. The van der Waals surface area contributed by atoms with E-state index in [4.69, 9.17) is 0 Å². The number of alkyl halides is 3. The van der Waals surface area contributed by atoms with Crippen LogP contribution < -0.4 is 5.32 Å². The average molecular weight is 393 g/mol. The number of amides is 1. The Balaban J connectivity index is 1.78. The fraction of sp³-hybridized carbons (Fsp3) is 0.150. The normalized spacial score (nSPS) is 12.6. The van der Waals surface area contributed by atoms with Gasteiger partial charge in [0.15, 0.2) is 0 Å². The molecule has 1 atom stereocenters. The highest BCUT2D eigenvalue weighted by Crippen LogP contribution is 2.30. The van der Waals surface area contributed by atoms with Crippen molar-refractivity contribution in [1.29, 1.82) is 0 Å². The van der Waals surface area contributed by atoms with Crippen LogP contribution in [0.4, 0.5) is 17.6 Å². The Morgan fingerprint density at radius 1 is 1.04 bits per heavy atom. The van der Waals surface area contributed by atoms with Crippen molar-refractivity contribution in [3.8, 4) is 0 Å². The summed E-state index contributed by atoms with van der Waals surface area (Å²) in [4.78, 5) is 13.3. The number of carbonyl (C=O) groups excluding carboxylic acids is 1. The second-order valence-electron chi connectivity index (χ2n) is 5.94. The molecule has 1 heterocycles. The Labute approximate surface area is 157 Å². The number of benzene rings is 2. The highest BCUT2D eigenvalue weighted by atomic mass is 32.1. The first-order valence-electron chi connectivity index (χ1n) is 8.07. The van der Waals surface area contributed by atoms with Gasteiger partial charge in [0, 0.05) is 4.88 Å². The Hall–Kier alpha value is -2.67. The number of nitrogens with one attached hydrogen (secondary N) is 1. The summed E-state index contributed by atoms with van der Waals surface area (Å²) in [7, 11) is 0. The number of hydrogen-bond donors (Lipinski definition) is 1. The van der Waals surface area contributed by atoms with Gasteiger partial charge in [-0.05, 0) is 40.8 Å². The van der Waals surface area contributed by atoms with Crippen molar-refractivity contribution in [2.75, 3.05) is 0 Å². The fourth-order valence-electron chi connectivity index (χ4n) is 2.68. The van der Waals surface area contributed by atoms with Crippen LogP contribution in [0.2, 0.25) is 0 Å². The van der Waals surface area contributed by atoms with Gasteiger partial charge in [0.25, 0.3) is 0 Å². The lowest BCUT2D eigenvalue weighted by molar-refractivity contribution is -0.137. The lowest BCUT2D eigenvalue weighted by atomic mass is 10.0. The fourth-order valence-corrected chi connectivity index (χ4v) is 3.49. The largest absolute Gasteiger partial charge is 0.416 e. The smallest absolute Gasteiger partial charge is 0.344 e. The van der Waals surface area contributed by atoms with Crippen LogP contribution >= 0.6 is 11.3 Å². The maximum atomic E-state index is 13.2. The second kappa shape index (κ2) is 7.92. The molecule has 27 heavy (non-hydrogen) atoms. The summed E-state index contributed by atoms with van der Waals surface area (Å²) in [5.41, 5.74) is 0.170. The molecule has 0 fully saturated rings. The molecule has 0 bridgehead atoms. The van der Waals surface area contributed by atoms with E-state index in [-0.39, 0.29) is 17.8 Å². The van der Waals surface area contributed by atoms with E-state index >= 15 is 0 Å². The van der Waals surface area contributed by atoms with Gasteiger partial charge in [-0.25, -0.2) is 4.39 Å². The average Bonchev–Trinajstić information content (AvgIpc) is 3.14. The molecule has 0 saturated heterocycles. The highest BCUT2D eigenvalue weighted by molar-refractivity contribution is 7.10. The van der Waals surface area contributed by atoms with E-state index in [1.54, 1.807) is 12.1 Å². The van der Waals surface area contributed by atoms with Crippen LogP contribution in [0, 0.1) is 5.82 Å². The monoisotopic (exact) mass is 393 g/mol. The lowest BCUT2D eigenvalue weighted by Gasteiger charge is -2.18. The van der Waals surface area contributed by atoms with Crippen LogP contribution in [0.25, 0.3) is 0 Å². The first kappa shape index (κ1) is 19.1. The SMILES string of the molecule is O=C(Cc1cccc(C(F)(F)F)c1)NC(c1ccc(F)cc1)c1cccs1. The Bertz CT molecular complexity index is 904. The van der Waals surface area contributed by atoms with Gasteiger partial charge < -0.3 is 5.32 Å². The van der Waals surface area contributed by atoms with Crippen LogP contribution in [-0.2, 0) is 17.4 Å². The van der Waals surface area contributed by atoms with Gasteiger partial charge in [-0.15, -0.1) is 11.3 Å². The molecule has 1 N–H and O–H groups in total. The summed E-state index contributed by atoms with van der Waals surface area (Å²) >= 11 is 1.43. The quantitative estimate of drug-likeness (QED) is 0.582. The number of rotatable bonds is 5. The minimum Gasteiger partial charge on any atom is -0.344 e. The number of hydrogen-bond acceptors (Lipinski definition) is 2. The van der Waals surface area contributed by atoms with Gasteiger partial charge in [0.2, 0.25) is 5.91 Å². The van der Waals surface area contributed by atoms with Gasteiger partial charge >= 0.3 is 6.18 Å². The van der Waals surface area contributed by atoms with Crippen molar-refractivity contribution in [3.63, 3.8) is 0 Å². The van der Waals surface area contributed by atoms with E-state index in [9.17, 15) is 22.4 Å². The lowest BCUT2D eigenvalue weighted by Crippen LogP contribution is -2.30. The zero-order chi connectivity index (χ0) is 19.4. The molecular weight excluding hydrogens is 378 g/mol. The molecule has 1 unspecified atom stereocenters. The summed E-state index contributed by atoms with van der Waals surface area (Å²) in [5.74, 6) is -0.809. The van der Waals surface area contributed by atoms with Crippen LogP contribution in [0.15, 0.2) is 66.0 Å². The molecule has 3 aromatic rings. The van der Waals surface area contributed by atoms with E-state index in [0.717, 1.165) is 17.0 Å². The summed E-state index contributed by atoms with van der Waals surface area (Å²) in [5, 5.41) is 4.68. The topological polar surface area (TPSA) is 29.1 Å². The van der Waals surface area contributed by atoms with Crippen molar-refractivity contribution < 1.29 is 22.4 Å². The molecule has 140 valence electrons. The Kier molecular flexibility index (Phi) is 5.60. The third kappa shape index (κ3) is 4.95.